The van der Waals surface area contributed by atoms with Crippen LogP contribution in [0.25, 0.3) is 0 Å². The number of rotatable bonds is 4. The average Bonchev–Trinajstić information content (AvgIpc) is 3.04. The molecule has 0 aliphatic carbocycles. The Hall–Kier alpha value is -1.15. The van der Waals surface area contributed by atoms with Crippen LogP contribution in [0, 0.1) is 11.3 Å². The average molecular weight is 416 g/mol. The fourth-order valence-corrected chi connectivity index (χ4v) is 5.43. The summed E-state index contributed by atoms with van der Waals surface area (Å²) in [6.07, 6.45) is 2.86. The Morgan fingerprint density at radius 1 is 1.26 bits per heavy atom. The van der Waals surface area contributed by atoms with E-state index in [2.05, 4.69) is 13.8 Å². The Kier molecular flexibility index (Phi) is 6.95. The van der Waals surface area contributed by atoms with Crippen LogP contribution in [-0.4, -0.2) is 56.3 Å². The highest BCUT2D eigenvalue weighted by Crippen LogP contribution is 2.30. The highest BCUT2D eigenvalue weighted by atomic mass is 35.5. The number of hydrogen-bond donors (Lipinski definition) is 1. The first kappa shape index (κ1) is 22.1. The van der Waals surface area contributed by atoms with Crippen LogP contribution in [0.2, 0.25) is 0 Å². The van der Waals surface area contributed by atoms with Gasteiger partial charge in [-0.05, 0) is 61.4 Å². The van der Waals surface area contributed by atoms with Crippen LogP contribution >= 0.6 is 12.4 Å². The van der Waals surface area contributed by atoms with E-state index in [9.17, 15) is 13.2 Å². The van der Waals surface area contributed by atoms with Crippen LogP contribution in [0.1, 0.15) is 43.5 Å². The van der Waals surface area contributed by atoms with Crippen molar-refractivity contribution in [2.45, 2.75) is 38.0 Å². The van der Waals surface area contributed by atoms with Crippen molar-refractivity contribution in [1.82, 2.24) is 9.21 Å². The molecule has 2 unspecified atom stereocenters. The van der Waals surface area contributed by atoms with E-state index in [1.165, 1.54) is 0 Å². The first-order chi connectivity index (χ1) is 12.2. The van der Waals surface area contributed by atoms with Crippen molar-refractivity contribution in [3.8, 4) is 0 Å². The minimum Gasteiger partial charge on any atom is -0.338 e. The SMILES string of the molecule is CC1CCCN(S(=O)(=O)c2ccc(C(=O)N3CCC(C)(CN)C3)cc2)C1.Cl. The molecule has 1 aromatic rings. The van der Waals surface area contributed by atoms with Crippen LogP contribution in [0.3, 0.4) is 0 Å². The quantitative estimate of drug-likeness (QED) is 0.817. The van der Waals surface area contributed by atoms with Gasteiger partial charge < -0.3 is 10.6 Å². The van der Waals surface area contributed by atoms with Gasteiger partial charge in [0.2, 0.25) is 10.0 Å². The van der Waals surface area contributed by atoms with Crippen molar-refractivity contribution in [2.24, 2.45) is 17.1 Å². The van der Waals surface area contributed by atoms with Crippen LogP contribution in [0.4, 0.5) is 0 Å². The summed E-state index contributed by atoms with van der Waals surface area (Å²) < 4.78 is 27.2. The van der Waals surface area contributed by atoms with Gasteiger partial charge in [0.15, 0.2) is 0 Å². The molecule has 0 spiro atoms. The topological polar surface area (TPSA) is 83.7 Å². The summed E-state index contributed by atoms with van der Waals surface area (Å²) in [5.74, 6) is 0.323. The van der Waals surface area contributed by atoms with E-state index < -0.39 is 10.0 Å². The van der Waals surface area contributed by atoms with Gasteiger partial charge in [0.25, 0.3) is 5.91 Å². The first-order valence-corrected chi connectivity index (χ1v) is 10.8. The van der Waals surface area contributed by atoms with Crippen molar-refractivity contribution < 1.29 is 13.2 Å². The normalized spacial score (nSPS) is 26.6. The Balaban J connectivity index is 0.00000261. The Morgan fingerprint density at radius 3 is 2.48 bits per heavy atom. The van der Waals surface area contributed by atoms with E-state index in [1.54, 1.807) is 28.6 Å². The zero-order valence-electron chi connectivity index (χ0n) is 16.1. The van der Waals surface area contributed by atoms with Gasteiger partial charge in [-0.3, -0.25) is 4.79 Å². The van der Waals surface area contributed by atoms with Gasteiger partial charge in [-0.2, -0.15) is 4.31 Å². The van der Waals surface area contributed by atoms with E-state index in [0.29, 0.717) is 44.2 Å². The number of likely N-dealkylation sites (tertiary alicyclic amines) is 1. The van der Waals surface area contributed by atoms with Gasteiger partial charge >= 0.3 is 0 Å². The molecule has 0 radical (unpaired) electrons. The molecule has 2 aliphatic rings. The molecule has 8 heteroatoms. The second-order valence-electron chi connectivity index (χ2n) is 8.13. The van der Waals surface area contributed by atoms with Crippen molar-refractivity contribution in [2.75, 3.05) is 32.7 Å². The molecule has 2 saturated heterocycles. The minimum absolute atomic E-state index is 0. The van der Waals surface area contributed by atoms with Gasteiger partial charge in [0.1, 0.15) is 0 Å². The molecule has 2 heterocycles. The monoisotopic (exact) mass is 415 g/mol. The summed E-state index contributed by atoms with van der Waals surface area (Å²) in [6.45, 7) is 7.20. The summed E-state index contributed by atoms with van der Waals surface area (Å²) >= 11 is 0. The largest absolute Gasteiger partial charge is 0.338 e. The number of halogens is 1. The molecule has 2 atom stereocenters. The van der Waals surface area contributed by atoms with Crippen LogP contribution in [-0.2, 0) is 10.0 Å². The van der Waals surface area contributed by atoms with E-state index >= 15 is 0 Å². The second-order valence-corrected chi connectivity index (χ2v) is 10.1. The lowest BCUT2D eigenvalue weighted by Gasteiger charge is -2.30. The fourth-order valence-electron chi connectivity index (χ4n) is 3.83. The number of nitrogens with two attached hydrogens (primary N) is 1. The summed E-state index contributed by atoms with van der Waals surface area (Å²) in [6, 6.07) is 6.36. The minimum atomic E-state index is -3.49. The lowest BCUT2D eigenvalue weighted by molar-refractivity contribution is 0.0777. The number of carbonyl (C=O) groups excluding carboxylic acids is 1. The molecule has 6 nitrogen and oxygen atoms in total. The lowest BCUT2D eigenvalue weighted by Crippen LogP contribution is -2.39. The Morgan fingerprint density at radius 2 is 1.93 bits per heavy atom. The molecule has 0 aromatic heterocycles. The Labute approximate surface area is 168 Å². The number of nitrogens with zero attached hydrogens (tertiary/aromatic N) is 2. The summed E-state index contributed by atoms with van der Waals surface area (Å²) in [5, 5.41) is 0. The zero-order valence-corrected chi connectivity index (χ0v) is 17.7. The van der Waals surface area contributed by atoms with Gasteiger partial charge in [-0.15, -0.1) is 12.4 Å². The molecule has 1 aromatic carbocycles. The smallest absolute Gasteiger partial charge is 0.253 e. The van der Waals surface area contributed by atoms with Gasteiger partial charge in [-0.25, -0.2) is 8.42 Å². The summed E-state index contributed by atoms with van der Waals surface area (Å²) in [7, 11) is -3.49. The van der Waals surface area contributed by atoms with Gasteiger partial charge in [0, 0.05) is 31.7 Å². The van der Waals surface area contributed by atoms with Crippen LogP contribution in [0.5, 0.6) is 0 Å². The molecular weight excluding hydrogens is 386 g/mol. The molecule has 3 rings (SSSR count). The van der Waals surface area contributed by atoms with E-state index in [4.69, 9.17) is 5.73 Å². The number of benzene rings is 1. The zero-order chi connectivity index (χ0) is 18.9. The fraction of sp³-hybridized carbons (Fsp3) is 0.632. The summed E-state index contributed by atoms with van der Waals surface area (Å²) in [5.41, 5.74) is 6.31. The maximum Gasteiger partial charge on any atom is 0.253 e. The third-order valence-corrected chi connectivity index (χ3v) is 7.58. The van der Waals surface area contributed by atoms with Crippen molar-refractivity contribution in [1.29, 1.82) is 0 Å². The molecule has 2 fully saturated rings. The predicted molar refractivity (Wildman–Crippen MR) is 109 cm³/mol. The predicted octanol–water partition coefficient (Wildman–Crippen LogP) is 2.34. The molecular formula is C19H30ClN3O3S. The number of piperidine rings is 1. The Bertz CT molecular complexity index is 769. The molecule has 0 bridgehead atoms. The van der Waals surface area contributed by atoms with E-state index in [0.717, 1.165) is 19.3 Å². The molecule has 0 saturated carbocycles. The first-order valence-electron chi connectivity index (χ1n) is 9.35. The van der Waals surface area contributed by atoms with E-state index in [1.807, 2.05) is 4.90 Å². The highest BCUT2D eigenvalue weighted by molar-refractivity contribution is 7.89. The van der Waals surface area contributed by atoms with E-state index in [-0.39, 0.29) is 28.6 Å². The molecule has 2 aliphatic heterocycles. The highest BCUT2D eigenvalue weighted by Gasteiger charge is 2.35. The lowest BCUT2D eigenvalue weighted by atomic mass is 9.90. The van der Waals surface area contributed by atoms with Gasteiger partial charge in [-0.1, -0.05) is 13.8 Å². The third-order valence-electron chi connectivity index (χ3n) is 5.70. The van der Waals surface area contributed by atoms with Crippen LogP contribution in [0.15, 0.2) is 29.2 Å². The molecule has 152 valence electrons. The summed E-state index contributed by atoms with van der Waals surface area (Å²) in [4.78, 5) is 14.8. The van der Waals surface area contributed by atoms with Gasteiger partial charge in [0.05, 0.1) is 4.90 Å². The maximum absolute atomic E-state index is 12.8. The van der Waals surface area contributed by atoms with Crippen molar-refractivity contribution in [3.05, 3.63) is 29.8 Å². The van der Waals surface area contributed by atoms with Crippen molar-refractivity contribution in [3.63, 3.8) is 0 Å². The molecule has 27 heavy (non-hydrogen) atoms. The van der Waals surface area contributed by atoms with Crippen molar-refractivity contribution >= 4 is 28.3 Å². The number of amides is 1. The molecule has 1 amide bonds. The van der Waals surface area contributed by atoms with Crippen LogP contribution < -0.4 is 5.73 Å². The maximum atomic E-state index is 12.8. The number of sulfonamides is 1. The molecule has 2 N–H and O–H groups in total. The third kappa shape index (κ3) is 4.65. The standard InChI is InChI=1S/C19H29N3O3S.ClH/c1-15-4-3-10-22(12-15)26(24,25)17-7-5-16(6-8-17)18(23)21-11-9-19(2,13-20)14-21;/h5-8,15H,3-4,9-14,20H2,1-2H3;1H. The second kappa shape index (κ2) is 8.47. The number of carbonyl (C=O) groups is 1. The number of hydrogen-bond acceptors (Lipinski definition) is 4.